The van der Waals surface area contributed by atoms with Gasteiger partial charge in [-0.1, -0.05) is 0 Å². The van der Waals surface area contributed by atoms with Crippen molar-refractivity contribution in [1.29, 1.82) is 0 Å². The van der Waals surface area contributed by atoms with Gasteiger partial charge < -0.3 is 15.0 Å². The molecule has 1 fully saturated rings. The number of hydrogen-bond donors (Lipinski definition) is 1. The van der Waals surface area contributed by atoms with Gasteiger partial charge in [0, 0.05) is 32.8 Å². The molecule has 0 spiro atoms. The minimum atomic E-state index is -0.385. The van der Waals surface area contributed by atoms with Crippen LogP contribution in [-0.4, -0.2) is 43.3 Å². The number of aromatic nitrogens is 1. The maximum atomic E-state index is 11.1. The van der Waals surface area contributed by atoms with E-state index in [1.807, 2.05) is 4.90 Å². The van der Waals surface area contributed by atoms with Crippen LogP contribution < -0.4 is 10.2 Å². The largest absolute Gasteiger partial charge is 0.383 e. The van der Waals surface area contributed by atoms with Crippen LogP contribution in [0.3, 0.4) is 0 Å². The van der Waals surface area contributed by atoms with E-state index in [4.69, 9.17) is 4.74 Å². The highest BCUT2D eigenvalue weighted by atomic mass is 16.6. The summed E-state index contributed by atoms with van der Waals surface area (Å²) >= 11 is 0. The Morgan fingerprint density at radius 2 is 2.32 bits per heavy atom. The summed E-state index contributed by atoms with van der Waals surface area (Å²) in [5.74, 6) is 1.06. The lowest BCUT2D eigenvalue weighted by atomic mass is 10.3. The van der Waals surface area contributed by atoms with Crippen molar-refractivity contribution in [3.63, 3.8) is 0 Å². The Labute approximate surface area is 111 Å². The predicted molar refractivity (Wildman–Crippen MR) is 72.7 cm³/mol. The number of nitrogens with zero attached hydrogens (tertiary/aromatic N) is 3. The molecule has 1 N–H and O–H groups in total. The minimum Gasteiger partial charge on any atom is -0.383 e. The first-order valence-electron chi connectivity index (χ1n) is 6.26. The normalized spacial score (nSPS) is 14.2. The summed E-state index contributed by atoms with van der Waals surface area (Å²) in [4.78, 5) is 17.1. The lowest BCUT2D eigenvalue weighted by Crippen LogP contribution is -2.31. The van der Waals surface area contributed by atoms with Crippen LogP contribution in [-0.2, 0) is 4.74 Å². The van der Waals surface area contributed by atoms with Crippen molar-refractivity contribution >= 4 is 17.3 Å². The van der Waals surface area contributed by atoms with Gasteiger partial charge in [-0.2, -0.15) is 0 Å². The molecule has 104 valence electrons. The summed E-state index contributed by atoms with van der Waals surface area (Å²) in [6.07, 6.45) is 2.10. The third-order valence-electron chi connectivity index (χ3n) is 3.10. The molecule has 1 aromatic heterocycles. The molecule has 1 heterocycles. The van der Waals surface area contributed by atoms with Gasteiger partial charge in [-0.3, -0.25) is 10.1 Å². The second kappa shape index (κ2) is 5.83. The molecule has 0 aromatic carbocycles. The number of rotatable bonds is 7. The molecule has 0 atom stereocenters. The molecule has 0 saturated heterocycles. The Bertz CT molecular complexity index is 462. The standard InChI is InChI=1S/C12H18N4O3/c1-13-11-6-5-10(16(17)18)12(14-11)15(7-8-19-2)9-3-4-9/h5-6,9H,3-4,7-8H2,1-2H3,(H,13,14). The van der Waals surface area contributed by atoms with Crippen LogP contribution in [0.5, 0.6) is 0 Å². The van der Waals surface area contributed by atoms with Crippen LogP contribution in [0.4, 0.5) is 17.3 Å². The fourth-order valence-electron chi connectivity index (χ4n) is 1.97. The van der Waals surface area contributed by atoms with Gasteiger partial charge in [0.15, 0.2) is 0 Å². The summed E-state index contributed by atoms with van der Waals surface area (Å²) in [5, 5.41) is 14.0. The van der Waals surface area contributed by atoms with Crippen molar-refractivity contribution in [3.05, 3.63) is 22.2 Å². The summed E-state index contributed by atoms with van der Waals surface area (Å²) in [7, 11) is 3.37. The Morgan fingerprint density at radius 3 is 2.84 bits per heavy atom. The molecular weight excluding hydrogens is 248 g/mol. The molecule has 1 aromatic rings. The topological polar surface area (TPSA) is 80.5 Å². The van der Waals surface area contributed by atoms with Gasteiger partial charge in [0.1, 0.15) is 5.82 Å². The monoisotopic (exact) mass is 266 g/mol. The number of nitrogens with one attached hydrogen (secondary N) is 1. The van der Waals surface area contributed by atoms with E-state index >= 15 is 0 Å². The van der Waals surface area contributed by atoms with E-state index in [9.17, 15) is 10.1 Å². The fourth-order valence-corrected chi connectivity index (χ4v) is 1.97. The average Bonchev–Trinajstić information content (AvgIpc) is 3.23. The molecule has 7 heteroatoms. The van der Waals surface area contributed by atoms with Crippen LogP contribution in [0.15, 0.2) is 12.1 Å². The molecule has 2 rings (SSSR count). The predicted octanol–water partition coefficient (Wildman–Crippen LogP) is 1.65. The Hall–Kier alpha value is -1.89. The van der Waals surface area contributed by atoms with Crippen molar-refractivity contribution in [1.82, 2.24) is 4.98 Å². The van der Waals surface area contributed by atoms with Crippen LogP contribution in [0.25, 0.3) is 0 Å². The van der Waals surface area contributed by atoms with Gasteiger partial charge in [-0.25, -0.2) is 4.98 Å². The zero-order valence-electron chi connectivity index (χ0n) is 11.1. The summed E-state index contributed by atoms with van der Waals surface area (Å²) in [6.45, 7) is 1.14. The minimum absolute atomic E-state index is 0.0435. The smallest absolute Gasteiger partial charge is 0.311 e. The molecule has 1 aliphatic rings. The number of anilines is 2. The van der Waals surface area contributed by atoms with Crippen LogP contribution in [0.1, 0.15) is 12.8 Å². The van der Waals surface area contributed by atoms with E-state index < -0.39 is 0 Å². The Balaban J connectivity index is 2.34. The SMILES string of the molecule is CNc1ccc([N+](=O)[O-])c(N(CCOC)C2CC2)n1. The second-order valence-corrected chi connectivity index (χ2v) is 4.46. The number of hydrogen-bond acceptors (Lipinski definition) is 6. The molecule has 1 saturated carbocycles. The van der Waals surface area contributed by atoms with E-state index in [0.717, 1.165) is 12.8 Å². The third-order valence-corrected chi connectivity index (χ3v) is 3.10. The van der Waals surface area contributed by atoms with Gasteiger partial charge in [-0.05, 0) is 18.9 Å². The summed E-state index contributed by atoms with van der Waals surface area (Å²) < 4.78 is 5.07. The average molecular weight is 266 g/mol. The van der Waals surface area contributed by atoms with E-state index in [0.29, 0.717) is 30.8 Å². The Kier molecular flexibility index (Phi) is 4.16. The van der Waals surface area contributed by atoms with E-state index in [-0.39, 0.29) is 10.6 Å². The summed E-state index contributed by atoms with van der Waals surface area (Å²) in [5.41, 5.74) is 0.0435. The molecule has 0 amide bonds. The molecule has 0 radical (unpaired) electrons. The fraction of sp³-hybridized carbons (Fsp3) is 0.583. The zero-order chi connectivity index (χ0) is 13.8. The number of methoxy groups -OCH3 is 1. The van der Waals surface area contributed by atoms with Crippen molar-refractivity contribution < 1.29 is 9.66 Å². The molecule has 7 nitrogen and oxygen atoms in total. The third kappa shape index (κ3) is 3.11. The highest BCUT2D eigenvalue weighted by Crippen LogP contribution is 2.36. The van der Waals surface area contributed by atoms with Crippen molar-refractivity contribution in [2.24, 2.45) is 0 Å². The molecule has 19 heavy (non-hydrogen) atoms. The van der Waals surface area contributed by atoms with Gasteiger partial charge in [0.25, 0.3) is 0 Å². The number of ether oxygens (including phenoxy) is 1. The van der Waals surface area contributed by atoms with Gasteiger partial charge in [-0.15, -0.1) is 0 Å². The molecule has 0 aliphatic heterocycles. The molecular formula is C12H18N4O3. The molecule has 0 bridgehead atoms. The maximum absolute atomic E-state index is 11.1. The maximum Gasteiger partial charge on any atom is 0.311 e. The van der Waals surface area contributed by atoms with Gasteiger partial charge in [0.05, 0.1) is 11.5 Å². The number of nitro groups is 1. The second-order valence-electron chi connectivity index (χ2n) is 4.46. The Morgan fingerprint density at radius 1 is 1.58 bits per heavy atom. The highest BCUT2D eigenvalue weighted by Gasteiger charge is 2.34. The van der Waals surface area contributed by atoms with E-state index in [1.165, 1.54) is 6.07 Å². The van der Waals surface area contributed by atoms with Gasteiger partial charge in [0.2, 0.25) is 5.82 Å². The molecule has 1 aliphatic carbocycles. The first-order chi connectivity index (χ1) is 9.17. The van der Waals surface area contributed by atoms with Crippen molar-refractivity contribution in [2.75, 3.05) is 37.5 Å². The van der Waals surface area contributed by atoms with E-state index in [2.05, 4.69) is 10.3 Å². The van der Waals surface area contributed by atoms with Crippen molar-refractivity contribution in [3.8, 4) is 0 Å². The first kappa shape index (κ1) is 13.5. The van der Waals surface area contributed by atoms with Crippen molar-refractivity contribution in [2.45, 2.75) is 18.9 Å². The van der Waals surface area contributed by atoms with Crippen LogP contribution >= 0.6 is 0 Å². The van der Waals surface area contributed by atoms with Crippen LogP contribution in [0, 0.1) is 10.1 Å². The van der Waals surface area contributed by atoms with Gasteiger partial charge >= 0.3 is 5.69 Å². The number of pyridine rings is 1. The zero-order valence-corrected chi connectivity index (χ0v) is 11.1. The highest BCUT2D eigenvalue weighted by molar-refractivity contribution is 5.62. The van der Waals surface area contributed by atoms with E-state index in [1.54, 1.807) is 20.2 Å². The summed E-state index contributed by atoms with van der Waals surface area (Å²) in [6, 6.07) is 3.45. The lowest BCUT2D eigenvalue weighted by molar-refractivity contribution is -0.384. The molecule has 0 unspecified atom stereocenters. The van der Waals surface area contributed by atoms with Crippen LogP contribution in [0.2, 0.25) is 0 Å². The quantitative estimate of drug-likeness (QED) is 0.597. The first-order valence-corrected chi connectivity index (χ1v) is 6.26. The lowest BCUT2D eigenvalue weighted by Gasteiger charge is -2.23.